The molecule has 21 heavy (non-hydrogen) atoms. The summed E-state index contributed by atoms with van der Waals surface area (Å²) in [5, 5.41) is 8.64. The van der Waals surface area contributed by atoms with Gasteiger partial charge < -0.3 is 4.90 Å². The molecule has 6 heteroatoms. The second-order valence-corrected chi connectivity index (χ2v) is 7.52. The van der Waals surface area contributed by atoms with E-state index in [0.717, 1.165) is 18.4 Å². The van der Waals surface area contributed by atoms with Crippen molar-refractivity contribution in [2.24, 2.45) is 0 Å². The molecule has 5 nitrogen and oxygen atoms in total. The van der Waals surface area contributed by atoms with Crippen molar-refractivity contribution in [3.8, 4) is 6.07 Å². The van der Waals surface area contributed by atoms with Gasteiger partial charge in [-0.1, -0.05) is 12.1 Å². The topological polar surface area (TPSA) is 64.4 Å². The van der Waals surface area contributed by atoms with Gasteiger partial charge in [0.15, 0.2) is 0 Å². The molecule has 1 aromatic rings. The quantitative estimate of drug-likeness (QED) is 0.845. The Morgan fingerprint density at radius 1 is 1.24 bits per heavy atom. The molecule has 2 rings (SSSR count). The molecule has 1 fully saturated rings. The first-order chi connectivity index (χ1) is 9.95. The van der Waals surface area contributed by atoms with Crippen LogP contribution in [0.5, 0.6) is 0 Å². The lowest BCUT2D eigenvalue weighted by molar-refractivity contribution is 0.196. The normalized spacial score (nSPS) is 17.8. The molecule has 1 aliphatic heterocycles. The van der Waals surface area contributed by atoms with E-state index in [2.05, 4.69) is 11.0 Å². The van der Waals surface area contributed by atoms with Gasteiger partial charge in [-0.15, -0.1) is 0 Å². The summed E-state index contributed by atoms with van der Waals surface area (Å²) < 4.78 is 26.7. The van der Waals surface area contributed by atoms with Crippen LogP contribution in [0.2, 0.25) is 0 Å². The number of nitrogens with zero attached hydrogens (tertiary/aromatic N) is 3. The molecule has 1 aliphatic rings. The maximum atomic E-state index is 12.6. The van der Waals surface area contributed by atoms with Crippen LogP contribution >= 0.6 is 0 Å². The Kier molecular flexibility index (Phi) is 4.99. The summed E-state index contributed by atoms with van der Waals surface area (Å²) >= 11 is 0. The molecule has 0 saturated carbocycles. The van der Waals surface area contributed by atoms with Crippen molar-refractivity contribution in [2.75, 3.05) is 27.2 Å². The third kappa shape index (κ3) is 3.62. The van der Waals surface area contributed by atoms with Crippen LogP contribution in [0.25, 0.3) is 0 Å². The molecular weight excluding hydrogens is 286 g/mol. The van der Waals surface area contributed by atoms with Crippen LogP contribution in [0.3, 0.4) is 0 Å². The van der Waals surface area contributed by atoms with Gasteiger partial charge in [0, 0.05) is 19.1 Å². The molecule has 0 atom stereocenters. The van der Waals surface area contributed by atoms with Gasteiger partial charge in [0.1, 0.15) is 0 Å². The second-order valence-electron chi connectivity index (χ2n) is 5.58. The Morgan fingerprint density at radius 2 is 1.81 bits per heavy atom. The van der Waals surface area contributed by atoms with Crippen molar-refractivity contribution in [2.45, 2.75) is 30.2 Å². The first-order valence-electron chi connectivity index (χ1n) is 7.07. The monoisotopic (exact) mass is 307 g/mol. The fourth-order valence-electron chi connectivity index (χ4n) is 2.62. The van der Waals surface area contributed by atoms with E-state index in [1.165, 1.54) is 0 Å². The van der Waals surface area contributed by atoms with Gasteiger partial charge in [0.05, 0.1) is 17.4 Å². The summed E-state index contributed by atoms with van der Waals surface area (Å²) in [5.74, 6) is 0. The summed E-state index contributed by atoms with van der Waals surface area (Å²) in [6.07, 6.45) is 2.02. The molecule has 0 unspecified atom stereocenters. The highest BCUT2D eigenvalue weighted by molar-refractivity contribution is 7.89. The average molecular weight is 307 g/mol. The Balaban J connectivity index is 2.10. The fraction of sp³-hybridized carbons (Fsp3) is 0.533. The van der Waals surface area contributed by atoms with Crippen molar-refractivity contribution in [1.82, 2.24) is 9.21 Å². The molecule has 0 N–H and O–H groups in total. The summed E-state index contributed by atoms with van der Waals surface area (Å²) in [6.45, 7) is 1.12. The van der Waals surface area contributed by atoms with E-state index in [1.807, 2.05) is 14.1 Å². The van der Waals surface area contributed by atoms with E-state index in [9.17, 15) is 8.42 Å². The SMILES string of the molecule is CN(C)C1CCN(S(=O)(=O)c2ccc(CC#N)cc2)CC1. The molecule has 0 spiro atoms. The maximum Gasteiger partial charge on any atom is 0.243 e. The first-order valence-corrected chi connectivity index (χ1v) is 8.51. The largest absolute Gasteiger partial charge is 0.306 e. The average Bonchev–Trinajstić information content (AvgIpc) is 2.48. The highest BCUT2D eigenvalue weighted by Crippen LogP contribution is 2.22. The smallest absolute Gasteiger partial charge is 0.243 e. The minimum atomic E-state index is -3.41. The van der Waals surface area contributed by atoms with E-state index in [1.54, 1.807) is 28.6 Å². The number of rotatable bonds is 4. The van der Waals surface area contributed by atoms with Crippen LogP contribution in [-0.2, 0) is 16.4 Å². The van der Waals surface area contributed by atoms with Gasteiger partial charge in [0.25, 0.3) is 0 Å². The predicted octanol–water partition coefficient (Wildman–Crippen LogP) is 1.47. The lowest BCUT2D eigenvalue weighted by atomic mass is 10.1. The van der Waals surface area contributed by atoms with Crippen molar-refractivity contribution in [3.05, 3.63) is 29.8 Å². The van der Waals surface area contributed by atoms with E-state index >= 15 is 0 Å². The third-order valence-electron chi connectivity index (χ3n) is 4.00. The summed E-state index contributed by atoms with van der Waals surface area (Å²) in [4.78, 5) is 2.47. The van der Waals surface area contributed by atoms with E-state index in [0.29, 0.717) is 30.4 Å². The first kappa shape index (κ1) is 16.0. The molecule has 0 radical (unpaired) electrons. The van der Waals surface area contributed by atoms with Crippen LogP contribution in [0.4, 0.5) is 0 Å². The van der Waals surface area contributed by atoms with Crippen LogP contribution in [0.15, 0.2) is 29.2 Å². The summed E-state index contributed by atoms with van der Waals surface area (Å²) in [7, 11) is 0.650. The summed E-state index contributed by atoms with van der Waals surface area (Å²) in [6, 6.07) is 9.13. The van der Waals surface area contributed by atoms with Gasteiger partial charge >= 0.3 is 0 Å². The predicted molar refractivity (Wildman–Crippen MR) is 81.2 cm³/mol. The van der Waals surface area contributed by atoms with Crippen molar-refractivity contribution < 1.29 is 8.42 Å². The Bertz CT molecular complexity index is 609. The number of hydrogen-bond acceptors (Lipinski definition) is 4. The maximum absolute atomic E-state index is 12.6. The lowest BCUT2D eigenvalue weighted by Crippen LogP contribution is -2.44. The number of nitriles is 1. The third-order valence-corrected chi connectivity index (χ3v) is 5.91. The molecule has 0 bridgehead atoms. The van der Waals surface area contributed by atoms with Gasteiger partial charge in [-0.2, -0.15) is 9.57 Å². The summed E-state index contributed by atoms with van der Waals surface area (Å²) in [5.41, 5.74) is 0.836. The van der Waals surface area contributed by atoms with Crippen molar-refractivity contribution in [1.29, 1.82) is 5.26 Å². The zero-order valence-electron chi connectivity index (χ0n) is 12.5. The molecule has 1 aromatic carbocycles. The molecule has 114 valence electrons. The standard InChI is InChI=1S/C15H21N3O2S/c1-17(2)14-8-11-18(12-9-14)21(19,20)15-5-3-13(4-6-15)7-10-16/h3-6,14H,7-9,11-12H2,1-2H3. The molecule has 0 amide bonds. The number of sulfonamides is 1. The Morgan fingerprint density at radius 3 is 2.29 bits per heavy atom. The molecule has 1 heterocycles. The van der Waals surface area contributed by atoms with Crippen molar-refractivity contribution >= 4 is 10.0 Å². The minimum Gasteiger partial charge on any atom is -0.306 e. The van der Waals surface area contributed by atoms with E-state index in [4.69, 9.17) is 5.26 Å². The highest BCUT2D eigenvalue weighted by Gasteiger charge is 2.29. The van der Waals surface area contributed by atoms with Crippen LogP contribution in [0, 0.1) is 11.3 Å². The van der Waals surface area contributed by atoms with E-state index < -0.39 is 10.0 Å². The van der Waals surface area contributed by atoms with Crippen molar-refractivity contribution in [3.63, 3.8) is 0 Å². The Labute approximate surface area is 126 Å². The van der Waals surface area contributed by atoms with Crippen LogP contribution in [0.1, 0.15) is 18.4 Å². The number of benzene rings is 1. The fourth-order valence-corrected chi connectivity index (χ4v) is 4.09. The molecule has 1 saturated heterocycles. The number of piperidine rings is 1. The van der Waals surface area contributed by atoms with Crippen LogP contribution < -0.4 is 0 Å². The zero-order chi connectivity index (χ0) is 15.5. The number of hydrogen-bond donors (Lipinski definition) is 0. The minimum absolute atomic E-state index is 0.300. The van der Waals surface area contributed by atoms with Gasteiger partial charge in [-0.25, -0.2) is 8.42 Å². The zero-order valence-corrected chi connectivity index (χ0v) is 13.3. The van der Waals surface area contributed by atoms with Gasteiger partial charge in [-0.3, -0.25) is 0 Å². The van der Waals surface area contributed by atoms with E-state index in [-0.39, 0.29) is 0 Å². The molecule has 0 aromatic heterocycles. The van der Waals surface area contributed by atoms with Gasteiger partial charge in [0.2, 0.25) is 10.0 Å². The lowest BCUT2D eigenvalue weighted by Gasteiger charge is -2.34. The molecular formula is C15H21N3O2S. The van der Waals surface area contributed by atoms with Gasteiger partial charge in [-0.05, 0) is 44.6 Å². The van der Waals surface area contributed by atoms with Crippen LogP contribution in [-0.4, -0.2) is 50.8 Å². The molecule has 0 aliphatic carbocycles. The second kappa shape index (κ2) is 6.56. The highest BCUT2D eigenvalue weighted by atomic mass is 32.2. The Hall–Kier alpha value is -1.42.